The lowest BCUT2D eigenvalue weighted by atomic mass is 10.2. The van der Waals surface area contributed by atoms with Crippen molar-refractivity contribution in [2.45, 2.75) is 57.5 Å². The highest BCUT2D eigenvalue weighted by Crippen LogP contribution is 2.46. The number of aryl methyl sites for hydroxylation is 1. The van der Waals surface area contributed by atoms with Crippen molar-refractivity contribution in [2.24, 2.45) is 0 Å². The third-order valence-electron chi connectivity index (χ3n) is 6.43. The number of fused-ring (bicyclic) bond motifs is 1. The molecule has 0 spiro atoms. The van der Waals surface area contributed by atoms with Crippen molar-refractivity contribution in [3.63, 3.8) is 0 Å². The minimum absolute atomic E-state index is 0.113. The molecule has 0 unspecified atom stereocenters. The average molecular weight is 618 g/mol. The standard InChI is InChI=1S/C28H32N4O6S3/c1-3-31-25(19-21-11-6-8-15-30(21)16-9-7-14-24(34)29-20(2)33)40-26(27(31)35)28-32(17-10-18-41(36,37)38)22-12-4-5-13-23(22)39-28/h4-6,8,11-13,15,19H,3,7,9-10,14,16-18H2,1-2H3,(H-,29,33,34,36,37,38)/p+1. The first-order chi connectivity index (χ1) is 19.6. The SMILES string of the molecule is CCn1c(=Cc2cccc[n+]2CCCCC(=O)NC(C)=O)sc(=C2Sc3ccccc3N2CCCS(=O)(=O)O)c1=O. The van der Waals surface area contributed by atoms with Crippen LogP contribution >= 0.6 is 23.1 Å². The summed E-state index contributed by atoms with van der Waals surface area (Å²) in [6, 6.07) is 13.6. The average Bonchev–Trinajstić information content (AvgIpc) is 3.43. The zero-order valence-corrected chi connectivity index (χ0v) is 25.4. The number of thioether (sulfide) groups is 1. The number of anilines is 1. The lowest BCUT2D eigenvalue weighted by Crippen LogP contribution is -2.38. The van der Waals surface area contributed by atoms with Crippen molar-refractivity contribution in [2.75, 3.05) is 17.2 Å². The van der Waals surface area contributed by atoms with Gasteiger partial charge in [-0.25, -0.2) is 0 Å². The van der Waals surface area contributed by atoms with Gasteiger partial charge >= 0.3 is 0 Å². The van der Waals surface area contributed by atoms with E-state index in [4.69, 9.17) is 0 Å². The summed E-state index contributed by atoms with van der Waals surface area (Å²) in [5, 5.41) is 3.04. The summed E-state index contributed by atoms with van der Waals surface area (Å²) in [5.74, 6) is -1.00. The molecule has 13 heteroatoms. The van der Waals surface area contributed by atoms with Gasteiger partial charge in [-0.05, 0) is 38.0 Å². The molecule has 1 aliphatic rings. The Morgan fingerprint density at radius 2 is 1.85 bits per heavy atom. The molecular weight excluding hydrogens is 585 g/mol. The minimum Gasteiger partial charge on any atom is -0.334 e. The van der Waals surface area contributed by atoms with Gasteiger partial charge in [0.25, 0.3) is 15.7 Å². The lowest BCUT2D eigenvalue weighted by molar-refractivity contribution is -0.699. The molecule has 41 heavy (non-hydrogen) atoms. The molecule has 3 heterocycles. The zero-order valence-electron chi connectivity index (χ0n) is 22.9. The van der Waals surface area contributed by atoms with Crippen molar-refractivity contribution in [3.8, 4) is 0 Å². The van der Waals surface area contributed by atoms with Gasteiger partial charge in [0, 0.05) is 56.0 Å². The van der Waals surface area contributed by atoms with Crippen LogP contribution in [0.2, 0.25) is 0 Å². The van der Waals surface area contributed by atoms with Gasteiger partial charge in [-0.1, -0.05) is 23.9 Å². The molecule has 0 saturated carbocycles. The van der Waals surface area contributed by atoms with E-state index in [9.17, 15) is 27.4 Å². The molecule has 0 saturated heterocycles. The fraction of sp³-hybridized carbons (Fsp3) is 0.357. The van der Waals surface area contributed by atoms with Crippen LogP contribution in [0, 0.1) is 0 Å². The van der Waals surface area contributed by atoms with E-state index in [1.165, 1.54) is 30.0 Å². The van der Waals surface area contributed by atoms with E-state index < -0.39 is 10.1 Å². The Bertz CT molecular complexity index is 1730. The highest BCUT2D eigenvalue weighted by Gasteiger charge is 2.27. The van der Waals surface area contributed by atoms with Crippen molar-refractivity contribution < 1.29 is 27.1 Å². The molecule has 0 atom stereocenters. The van der Waals surface area contributed by atoms with Crippen LogP contribution < -0.4 is 29.5 Å². The zero-order chi connectivity index (χ0) is 29.6. The van der Waals surface area contributed by atoms with Crippen molar-refractivity contribution >= 4 is 61.8 Å². The quantitative estimate of drug-likeness (QED) is 0.190. The number of carbonyl (C=O) groups excluding carboxylic acids is 2. The Balaban J connectivity index is 1.67. The molecule has 0 bridgehead atoms. The predicted molar refractivity (Wildman–Crippen MR) is 160 cm³/mol. The number of aromatic nitrogens is 2. The first kappa shape index (κ1) is 30.7. The van der Waals surface area contributed by atoms with E-state index in [2.05, 4.69) is 9.88 Å². The van der Waals surface area contributed by atoms with Gasteiger partial charge < -0.3 is 4.90 Å². The number of pyridine rings is 1. The first-order valence-electron chi connectivity index (χ1n) is 13.3. The highest BCUT2D eigenvalue weighted by atomic mass is 32.2. The Morgan fingerprint density at radius 1 is 1.10 bits per heavy atom. The van der Waals surface area contributed by atoms with Gasteiger partial charge in [-0.3, -0.25) is 28.8 Å². The van der Waals surface area contributed by atoms with Crippen LogP contribution in [0.4, 0.5) is 5.69 Å². The van der Waals surface area contributed by atoms with E-state index in [1.54, 1.807) is 4.57 Å². The summed E-state index contributed by atoms with van der Waals surface area (Å²) in [6.45, 7) is 4.72. The first-order valence-corrected chi connectivity index (χ1v) is 16.6. The summed E-state index contributed by atoms with van der Waals surface area (Å²) >= 11 is 2.88. The second-order valence-electron chi connectivity index (χ2n) is 9.51. The van der Waals surface area contributed by atoms with Crippen LogP contribution in [0.1, 0.15) is 45.2 Å². The molecule has 218 valence electrons. The molecule has 0 aliphatic carbocycles. The third-order valence-corrected chi connectivity index (χ3v) is 9.67. The van der Waals surface area contributed by atoms with E-state index in [1.807, 2.05) is 66.6 Å². The maximum atomic E-state index is 13.7. The minimum atomic E-state index is -4.09. The van der Waals surface area contributed by atoms with Gasteiger partial charge in [-0.15, -0.1) is 11.3 Å². The van der Waals surface area contributed by atoms with Crippen LogP contribution in [0.25, 0.3) is 11.1 Å². The van der Waals surface area contributed by atoms with Gasteiger partial charge in [0.1, 0.15) is 20.8 Å². The molecule has 3 aromatic rings. The topological polar surface area (TPSA) is 130 Å². The second-order valence-corrected chi connectivity index (χ2v) is 13.1. The van der Waals surface area contributed by atoms with E-state index in [0.29, 0.717) is 30.6 Å². The summed E-state index contributed by atoms with van der Waals surface area (Å²) in [5.41, 5.74) is 1.70. The molecule has 2 N–H and O–H groups in total. The predicted octanol–water partition coefficient (Wildman–Crippen LogP) is 1.83. The van der Waals surface area contributed by atoms with E-state index in [0.717, 1.165) is 32.4 Å². The van der Waals surface area contributed by atoms with Crippen molar-refractivity contribution in [3.05, 3.63) is 73.9 Å². The van der Waals surface area contributed by atoms with Gasteiger partial charge in [0.05, 0.1) is 11.4 Å². The molecule has 0 fully saturated rings. The highest BCUT2D eigenvalue weighted by molar-refractivity contribution is 8.08. The Morgan fingerprint density at radius 3 is 2.59 bits per heavy atom. The maximum absolute atomic E-state index is 13.7. The van der Waals surface area contributed by atoms with Crippen molar-refractivity contribution in [1.82, 2.24) is 9.88 Å². The number of hydrogen-bond donors (Lipinski definition) is 2. The number of unbranched alkanes of at least 4 members (excludes halogenated alkanes) is 1. The van der Waals surface area contributed by atoms with Crippen LogP contribution in [0.3, 0.4) is 0 Å². The summed E-state index contributed by atoms with van der Waals surface area (Å²) in [4.78, 5) is 39.4. The van der Waals surface area contributed by atoms with Crippen LogP contribution in [0.5, 0.6) is 0 Å². The number of imide groups is 1. The number of carbonyl (C=O) groups is 2. The Kier molecular flexibility index (Phi) is 10.2. The van der Waals surface area contributed by atoms with Crippen LogP contribution in [-0.2, 0) is 32.8 Å². The fourth-order valence-electron chi connectivity index (χ4n) is 4.58. The van der Waals surface area contributed by atoms with Crippen LogP contribution in [-0.4, -0.2) is 41.6 Å². The molecule has 1 aromatic carbocycles. The number of nitrogens with one attached hydrogen (secondary N) is 1. The number of benzene rings is 1. The number of amides is 2. The number of para-hydroxylation sites is 1. The van der Waals surface area contributed by atoms with Crippen molar-refractivity contribution in [1.29, 1.82) is 0 Å². The smallest absolute Gasteiger partial charge is 0.271 e. The number of hydrogen-bond acceptors (Lipinski definition) is 8. The third kappa shape index (κ3) is 7.94. The van der Waals surface area contributed by atoms with Crippen LogP contribution in [0.15, 0.2) is 58.4 Å². The lowest BCUT2D eigenvalue weighted by Gasteiger charge is -2.19. The summed E-state index contributed by atoms with van der Waals surface area (Å²) < 4.78 is 37.1. The molecule has 0 radical (unpaired) electrons. The van der Waals surface area contributed by atoms with E-state index >= 15 is 0 Å². The number of thiazole rings is 1. The Hall–Kier alpha value is -3.26. The molecule has 2 amide bonds. The largest absolute Gasteiger partial charge is 0.334 e. The number of nitrogens with zero attached hydrogens (tertiary/aromatic N) is 3. The normalized spacial score (nSPS) is 14.8. The number of rotatable bonds is 11. The molecular formula is C28H33N4O6S3+. The van der Waals surface area contributed by atoms with Gasteiger partial charge in [-0.2, -0.15) is 13.0 Å². The maximum Gasteiger partial charge on any atom is 0.271 e. The van der Waals surface area contributed by atoms with E-state index in [-0.39, 0.29) is 36.0 Å². The second kappa shape index (κ2) is 13.6. The monoisotopic (exact) mass is 617 g/mol. The van der Waals surface area contributed by atoms with Gasteiger partial charge in [0.15, 0.2) is 6.20 Å². The summed E-state index contributed by atoms with van der Waals surface area (Å²) in [6.07, 6.45) is 5.80. The summed E-state index contributed by atoms with van der Waals surface area (Å²) in [7, 11) is -4.09. The van der Waals surface area contributed by atoms with Gasteiger partial charge in [0.2, 0.25) is 17.5 Å². The molecule has 4 rings (SSSR count). The molecule has 10 nitrogen and oxygen atoms in total. The molecule has 1 aliphatic heterocycles. The fourth-order valence-corrected chi connectivity index (χ4v) is 7.54. The Labute approximate surface area is 246 Å². The molecule has 2 aromatic heterocycles.